The number of esters is 1. The Kier molecular flexibility index (Phi) is 5.19. The predicted octanol–water partition coefficient (Wildman–Crippen LogP) is 3.21. The third-order valence-corrected chi connectivity index (χ3v) is 3.34. The highest BCUT2D eigenvalue weighted by atomic mass is 35.5. The number of Topliss-reactive ketones (excluding diaryl/α,β-unsaturated/α-hetero) is 1. The lowest BCUT2D eigenvalue weighted by molar-refractivity contribution is -0.162. The minimum atomic E-state index is -0.982. The van der Waals surface area contributed by atoms with Crippen molar-refractivity contribution in [3.8, 4) is 0 Å². The van der Waals surface area contributed by atoms with Gasteiger partial charge in [-0.3, -0.25) is 9.59 Å². The average molecular weight is 259 g/mol. The van der Waals surface area contributed by atoms with Crippen molar-refractivity contribution in [1.29, 1.82) is 0 Å². The highest BCUT2D eigenvalue weighted by molar-refractivity contribution is 6.29. The number of hydrogen-bond acceptors (Lipinski definition) is 3. The second kappa shape index (κ2) is 6.20. The molecule has 0 aliphatic heterocycles. The van der Waals surface area contributed by atoms with Crippen LogP contribution in [0.3, 0.4) is 0 Å². The molecule has 0 saturated heterocycles. The van der Waals surface area contributed by atoms with Crippen molar-refractivity contribution in [3.63, 3.8) is 0 Å². The molecule has 1 aliphatic carbocycles. The summed E-state index contributed by atoms with van der Waals surface area (Å²) in [5.41, 5.74) is -0.982. The molecule has 0 spiro atoms. The molecule has 0 radical (unpaired) electrons. The van der Waals surface area contributed by atoms with Crippen molar-refractivity contribution in [2.45, 2.75) is 46.0 Å². The molecule has 0 bridgehead atoms. The summed E-state index contributed by atoms with van der Waals surface area (Å²) < 4.78 is 5.06. The molecule has 1 fully saturated rings. The first-order chi connectivity index (χ1) is 8.03. The number of carbonyl (C=O) groups is 2. The lowest BCUT2D eigenvalue weighted by atomic mass is 9.70. The van der Waals surface area contributed by atoms with Crippen LogP contribution >= 0.6 is 11.6 Å². The van der Waals surface area contributed by atoms with Crippen molar-refractivity contribution in [3.05, 3.63) is 11.1 Å². The first-order valence-electron chi connectivity index (χ1n) is 6.05. The first-order valence-corrected chi connectivity index (χ1v) is 6.43. The van der Waals surface area contributed by atoms with E-state index in [1.165, 1.54) is 0 Å². The molecule has 1 atom stereocenters. The second-order valence-corrected chi connectivity index (χ2v) is 5.02. The molecule has 1 unspecified atom stereocenters. The predicted molar refractivity (Wildman–Crippen MR) is 66.8 cm³/mol. The van der Waals surface area contributed by atoms with Crippen LogP contribution in [0.15, 0.2) is 11.1 Å². The number of ether oxygens (including phenoxy) is 1. The van der Waals surface area contributed by atoms with Gasteiger partial charge in [-0.15, -0.1) is 0 Å². The largest absolute Gasteiger partial charge is 0.465 e. The molecule has 1 aliphatic rings. The minimum Gasteiger partial charge on any atom is -0.465 e. The topological polar surface area (TPSA) is 43.4 Å². The lowest BCUT2D eigenvalue weighted by Crippen LogP contribution is -2.42. The standard InChI is InChI=1S/C13H19ClO3/c1-3-17-12(16)13(9-7-10(2)14)8-5-4-6-11(13)15/h7H,3-6,8-9H2,1-2H3/b10-7-. The van der Waals surface area contributed by atoms with E-state index in [2.05, 4.69) is 0 Å². The quantitative estimate of drug-likeness (QED) is 0.574. The van der Waals surface area contributed by atoms with Gasteiger partial charge >= 0.3 is 5.97 Å². The summed E-state index contributed by atoms with van der Waals surface area (Å²) >= 11 is 5.79. The summed E-state index contributed by atoms with van der Waals surface area (Å²) in [6.45, 7) is 3.80. The SMILES string of the molecule is CCOC(=O)C1(C/C=C(/C)Cl)CCCCC1=O. The fraction of sp³-hybridized carbons (Fsp3) is 0.692. The fourth-order valence-electron chi connectivity index (χ4n) is 2.19. The molecule has 3 nitrogen and oxygen atoms in total. The molecule has 17 heavy (non-hydrogen) atoms. The van der Waals surface area contributed by atoms with E-state index in [-0.39, 0.29) is 11.8 Å². The molecular weight excluding hydrogens is 240 g/mol. The summed E-state index contributed by atoms with van der Waals surface area (Å²) in [4.78, 5) is 24.1. The zero-order valence-corrected chi connectivity index (χ0v) is 11.2. The number of allylic oxidation sites excluding steroid dienone is 2. The van der Waals surface area contributed by atoms with E-state index in [4.69, 9.17) is 16.3 Å². The summed E-state index contributed by atoms with van der Waals surface area (Å²) in [6.07, 6.45) is 4.89. The summed E-state index contributed by atoms with van der Waals surface area (Å²) in [7, 11) is 0. The van der Waals surface area contributed by atoms with Crippen LogP contribution < -0.4 is 0 Å². The Balaban J connectivity index is 2.94. The maximum atomic E-state index is 12.1. The van der Waals surface area contributed by atoms with Crippen molar-refractivity contribution >= 4 is 23.4 Å². The summed E-state index contributed by atoms with van der Waals surface area (Å²) in [6, 6.07) is 0. The van der Waals surface area contributed by atoms with Crippen LogP contribution in [0.25, 0.3) is 0 Å². The maximum Gasteiger partial charge on any atom is 0.319 e. The van der Waals surface area contributed by atoms with E-state index in [1.807, 2.05) is 0 Å². The third kappa shape index (κ3) is 3.32. The van der Waals surface area contributed by atoms with Gasteiger partial charge in [0.2, 0.25) is 0 Å². The van der Waals surface area contributed by atoms with Gasteiger partial charge in [0.15, 0.2) is 5.78 Å². The molecule has 0 aromatic heterocycles. The summed E-state index contributed by atoms with van der Waals surface area (Å²) in [5.74, 6) is -0.393. The fourth-order valence-corrected chi connectivity index (χ4v) is 2.27. The molecule has 1 saturated carbocycles. The molecule has 0 aromatic carbocycles. The molecule has 96 valence electrons. The minimum absolute atomic E-state index is 0.00336. The normalized spacial score (nSPS) is 25.8. The Morgan fingerprint density at radius 3 is 2.76 bits per heavy atom. The van der Waals surface area contributed by atoms with E-state index >= 15 is 0 Å². The van der Waals surface area contributed by atoms with Crippen LogP contribution in [-0.2, 0) is 14.3 Å². The van der Waals surface area contributed by atoms with Crippen LogP contribution in [0.1, 0.15) is 46.0 Å². The van der Waals surface area contributed by atoms with Gasteiger partial charge in [0.25, 0.3) is 0 Å². The molecule has 0 heterocycles. The van der Waals surface area contributed by atoms with E-state index in [0.29, 0.717) is 30.9 Å². The van der Waals surface area contributed by atoms with Crippen LogP contribution in [0.4, 0.5) is 0 Å². The molecule has 0 N–H and O–H groups in total. The van der Waals surface area contributed by atoms with Gasteiger partial charge < -0.3 is 4.74 Å². The number of rotatable bonds is 4. The number of ketones is 1. The monoisotopic (exact) mass is 258 g/mol. The Morgan fingerprint density at radius 2 is 2.24 bits per heavy atom. The van der Waals surface area contributed by atoms with Gasteiger partial charge in [0.05, 0.1) is 6.61 Å². The van der Waals surface area contributed by atoms with Crippen molar-refractivity contribution < 1.29 is 14.3 Å². The van der Waals surface area contributed by atoms with Crippen LogP contribution in [0.5, 0.6) is 0 Å². The van der Waals surface area contributed by atoms with Crippen LogP contribution in [0.2, 0.25) is 0 Å². The Labute approximate surface area is 107 Å². The van der Waals surface area contributed by atoms with Crippen LogP contribution in [-0.4, -0.2) is 18.4 Å². The second-order valence-electron chi connectivity index (χ2n) is 4.43. The van der Waals surface area contributed by atoms with Gasteiger partial charge in [0.1, 0.15) is 5.41 Å². The van der Waals surface area contributed by atoms with Gasteiger partial charge in [-0.25, -0.2) is 0 Å². The Hall–Kier alpha value is -0.830. The highest BCUT2D eigenvalue weighted by Crippen LogP contribution is 2.38. The van der Waals surface area contributed by atoms with Gasteiger partial charge in [-0.2, -0.15) is 0 Å². The smallest absolute Gasteiger partial charge is 0.319 e. The molecular formula is C13H19ClO3. The zero-order valence-electron chi connectivity index (χ0n) is 10.4. The van der Waals surface area contributed by atoms with E-state index < -0.39 is 5.41 Å². The average Bonchev–Trinajstić information content (AvgIpc) is 2.28. The number of carbonyl (C=O) groups excluding carboxylic acids is 2. The first kappa shape index (κ1) is 14.2. The third-order valence-electron chi connectivity index (χ3n) is 3.19. The van der Waals surface area contributed by atoms with Crippen LogP contribution in [0, 0.1) is 5.41 Å². The van der Waals surface area contributed by atoms with Gasteiger partial charge in [-0.1, -0.05) is 24.1 Å². The zero-order chi connectivity index (χ0) is 12.9. The Morgan fingerprint density at radius 1 is 1.53 bits per heavy atom. The van der Waals surface area contributed by atoms with Gasteiger partial charge in [-0.05, 0) is 33.1 Å². The van der Waals surface area contributed by atoms with Gasteiger partial charge in [0, 0.05) is 11.5 Å². The highest BCUT2D eigenvalue weighted by Gasteiger charge is 2.46. The Bertz CT molecular complexity index is 332. The van der Waals surface area contributed by atoms with Crippen molar-refractivity contribution in [1.82, 2.24) is 0 Å². The van der Waals surface area contributed by atoms with Crippen molar-refractivity contribution in [2.75, 3.05) is 6.61 Å². The maximum absolute atomic E-state index is 12.1. The molecule has 0 amide bonds. The number of halogens is 1. The van der Waals surface area contributed by atoms with E-state index in [9.17, 15) is 9.59 Å². The molecule has 1 rings (SSSR count). The molecule has 0 aromatic rings. The molecule has 4 heteroatoms. The van der Waals surface area contributed by atoms with E-state index in [0.717, 1.165) is 12.8 Å². The van der Waals surface area contributed by atoms with E-state index in [1.54, 1.807) is 19.9 Å². The summed E-state index contributed by atoms with van der Waals surface area (Å²) in [5, 5.41) is 0.604. The van der Waals surface area contributed by atoms with Crippen molar-refractivity contribution in [2.24, 2.45) is 5.41 Å². The lowest BCUT2D eigenvalue weighted by Gasteiger charge is -2.32. The number of hydrogen-bond donors (Lipinski definition) is 0.